The van der Waals surface area contributed by atoms with Crippen LogP contribution in [0.15, 0.2) is 29.3 Å². The predicted octanol–water partition coefficient (Wildman–Crippen LogP) is 3.55. The summed E-state index contributed by atoms with van der Waals surface area (Å²) in [5, 5.41) is 3.31. The Morgan fingerprint density at radius 3 is 2.50 bits per heavy atom. The fraction of sp³-hybridized carbons (Fsp3) is 0.588. The quantitative estimate of drug-likeness (QED) is 0.651. The van der Waals surface area contributed by atoms with Crippen LogP contribution in [0.1, 0.15) is 63.1 Å². The Bertz CT molecular complexity index is 430. The highest BCUT2D eigenvalue weighted by atomic mass is 15.1. The van der Waals surface area contributed by atoms with Gasteiger partial charge in [0, 0.05) is 0 Å². The molecule has 1 unspecified atom stereocenters. The van der Waals surface area contributed by atoms with Gasteiger partial charge in [0.1, 0.15) is 0 Å². The summed E-state index contributed by atoms with van der Waals surface area (Å²) < 4.78 is 0. The van der Waals surface area contributed by atoms with E-state index in [9.17, 15) is 0 Å². The molecule has 0 spiro atoms. The summed E-state index contributed by atoms with van der Waals surface area (Å²) in [5.74, 6) is 0.587. The van der Waals surface area contributed by atoms with Crippen molar-refractivity contribution in [2.75, 3.05) is 0 Å². The minimum Gasteiger partial charge on any atom is -0.370 e. The molecule has 20 heavy (non-hydrogen) atoms. The van der Waals surface area contributed by atoms with Crippen LogP contribution in [0, 0.1) is 0 Å². The molecule has 3 nitrogen and oxygen atoms in total. The highest BCUT2D eigenvalue weighted by molar-refractivity contribution is 5.78. The third-order valence-electron chi connectivity index (χ3n) is 4.15. The summed E-state index contributed by atoms with van der Waals surface area (Å²) in [6.45, 7) is 4.30. The Morgan fingerprint density at radius 1 is 1.25 bits per heavy atom. The normalized spacial score (nSPS) is 18.8. The van der Waals surface area contributed by atoms with Crippen molar-refractivity contribution in [1.29, 1.82) is 0 Å². The van der Waals surface area contributed by atoms with Gasteiger partial charge < -0.3 is 11.1 Å². The van der Waals surface area contributed by atoms with E-state index < -0.39 is 0 Å². The molecule has 1 saturated carbocycles. The predicted molar refractivity (Wildman–Crippen MR) is 85.9 cm³/mol. The lowest BCUT2D eigenvalue weighted by molar-refractivity contribution is 0.441. The zero-order chi connectivity index (χ0) is 14.4. The van der Waals surface area contributed by atoms with Gasteiger partial charge in [-0.25, -0.2) is 0 Å². The molecule has 0 heterocycles. The molecular formula is C17H27N3. The molecule has 0 radical (unpaired) electrons. The van der Waals surface area contributed by atoms with E-state index in [2.05, 4.69) is 48.4 Å². The number of nitrogens with one attached hydrogen (secondary N) is 1. The van der Waals surface area contributed by atoms with Crippen LogP contribution in [0.4, 0.5) is 0 Å². The molecular weight excluding hydrogens is 246 g/mol. The number of rotatable bonds is 4. The maximum absolute atomic E-state index is 6.04. The van der Waals surface area contributed by atoms with Gasteiger partial charge in [0.05, 0.1) is 12.1 Å². The lowest BCUT2D eigenvalue weighted by Crippen LogP contribution is -2.35. The van der Waals surface area contributed by atoms with E-state index in [4.69, 9.17) is 5.73 Å². The van der Waals surface area contributed by atoms with Crippen LogP contribution in [0.2, 0.25) is 0 Å². The minimum absolute atomic E-state index is 0.202. The van der Waals surface area contributed by atoms with Crippen molar-refractivity contribution in [3.05, 3.63) is 35.4 Å². The third-order valence-corrected chi connectivity index (χ3v) is 4.15. The number of benzene rings is 1. The van der Waals surface area contributed by atoms with Gasteiger partial charge in [0.2, 0.25) is 0 Å². The molecule has 0 saturated heterocycles. The maximum atomic E-state index is 6.04. The molecule has 1 atom stereocenters. The number of nitrogens with zero attached hydrogens (tertiary/aromatic N) is 1. The number of aryl methyl sites for hydroxylation is 1. The van der Waals surface area contributed by atoms with E-state index in [-0.39, 0.29) is 6.04 Å². The number of aliphatic imine (C=N–C) groups is 1. The standard InChI is InChI=1S/C17H27N3/c1-3-14-9-11-15(12-10-14)13(2)19-17(18)20-16-7-5-4-6-8-16/h9-13,16H,3-8H2,1-2H3,(H3,18,19,20). The summed E-state index contributed by atoms with van der Waals surface area (Å²) in [7, 11) is 0. The summed E-state index contributed by atoms with van der Waals surface area (Å²) in [6, 6.07) is 9.33. The van der Waals surface area contributed by atoms with Gasteiger partial charge in [-0.15, -0.1) is 0 Å². The van der Waals surface area contributed by atoms with Crippen LogP contribution in [0.3, 0.4) is 0 Å². The second-order valence-corrected chi connectivity index (χ2v) is 5.77. The average Bonchev–Trinajstić information content (AvgIpc) is 2.48. The number of guanidine groups is 1. The van der Waals surface area contributed by atoms with Crippen LogP contribution in [0.25, 0.3) is 0 Å². The minimum atomic E-state index is 0.202. The zero-order valence-corrected chi connectivity index (χ0v) is 12.7. The third kappa shape index (κ3) is 4.26. The second-order valence-electron chi connectivity index (χ2n) is 5.77. The molecule has 0 aromatic heterocycles. The molecule has 3 N–H and O–H groups in total. The van der Waals surface area contributed by atoms with Gasteiger partial charge in [-0.05, 0) is 37.3 Å². The van der Waals surface area contributed by atoms with Gasteiger partial charge >= 0.3 is 0 Å². The second kappa shape index (κ2) is 7.32. The molecule has 0 bridgehead atoms. The van der Waals surface area contributed by atoms with E-state index in [1.165, 1.54) is 43.2 Å². The first kappa shape index (κ1) is 14.9. The summed E-state index contributed by atoms with van der Waals surface area (Å²) in [6.07, 6.45) is 7.36. The SMILES string of the molecule is CCc1ccc(C(C)NC(N)=NC2CCCCC2)cc1. The van der Waals surface area contributed by atoms with Crippen molar-refractivity contribution in [2.45, 2.75) is 64.5 Å². The van der Waals surface area contributed by atoms with Crippen LogP contribution in [-0.4, -0.2) is 12.0 Å². The topological polar surface area (TPSA) is 50.4 Å². The lowest BCUT2D eigenvalue weighted by Gasteiger charge is -2.20. The Balaban J connectivity index is 1.91. The molecule has 110 valence electrons. The summed E-state index contributed by atoms with van der Waals surface area (Å²) in [5.41, 5.74) is 8.66. The van der Waals surface area contributed by atoms with E-state index >= 15 is 0 Å². The van der Waals surface area contributed by atoms with Gasteiger partial charge in [0.15, 0.2) is 5.96 Å². The molecule has 1 aliphatic carbocycles. The zero-order valence-electron chi connectivity index (χ0n) is 12.7. The van der Waals surface area contributed by atoms with Crippen molar-refractivity contribution in [3.8, 4) is 0 Å². The van der Waals surface area contributed by atoms with Crippen LogP contribution in [-0.2, 0) is 6.42 Å². The van der Waals surface area contributed by atoms with Crippen molar-refractivity contribution >= 4 is 5.96 Å². The van der Waals surface area contributed by atoms with Gasteiger partial charge in [0.25, 0.3) is 0 Å². The summed E-state index contributed by atoms with van der Waals surface area (Å²) >= 11 is 0. The van der Waals surface area contributed by atoms with Crippen molar-refractivity contribution in [3.63, 3.8) is 0 Å². The molecule has 1 aromatic rings. The van der Waals surface area contributed by atoms with E-state index in [1.54, 1.807) is 0 Å². The highest BCUT2D eigenvalue weighted by Gasteiger charge is 2.13. The van der Waals surface area contributed by atoms with Gasteiger partial charge in [-0.3, -0.25) is 4.99 Å². The highest BCUT2D eigenvalue weighted by Crippen LogP contribution is 2.20. The summed E-state index contributed by atoms with van der Waals surface area (Å²) in [4.78, 5) is 4.62. The Morgan fingerprint density at radius 2 is 1.90 bits per heavy atom. The molecule has 1 fully saturated rings. The first-order valence-electron chi connectivity index (χ1n) is 7.87. The molecule has 1 aromatic carbocycles. The average molecular weight is 273 g/mol. The monoisotopic (exact) mass is 273 g/mol. The first-order chi connectivity index (χ1) is 9.69. The largest absolute Gasteiger partial charge is 0.370 e. The van der Waals surface area contributed by atoms with Crippen molar-refractivity contribution < 1.29 is 0 Å². The maximum Gasteiger partial charge on any atom is 0.189 e. The molecule has 1 aliphatic rings. The fourth-order valence-electron chi connectivity index (χ4n) is 2.79. The molecule has 0 aliphatic heterocycles. The first-order valence-corrected chi connectivity index (χ1v) is 7.87. The Labute approximate surface area is 122 Å². The van der Waals surface area contributed by atoms with Crippen molar-refractivity contribution in [1.82, 2.24) is 5.32 Å². The van der Waals surface area contributed by atoms with Gasteiger partial charge in [-0.2, -0.15) is 0 Å². The molecule has 3 heteroatoms. The van der Waals surface area contributed by atoms with Crippen LogP contribution >= 0.6 is 0 Å². The smallest absolute Gasteiger partial charge is 0.189 e. The molecule has 0 amide bonds. The molecule has 2 rings (SSSR count). The number of hydrogen-bond donors (Lipinski definition) is 2. The van der Waals surface area contributed by atoms with E-state index in [0.29, 0.717) is 12.0 Å². The number of nitrogens with two attached hydrogens (primary N) is 1. The van der Waals surface area contributed by atoms with Gasteiger partial charge in [-0.1, -0.05) is 50.5 Å². The Kier molecular flexibility index (Phi) is 5.45. The van der Waals surface area contributed by atoms with Crippen LogP contribution < -0.4 is 11.1 Å². The van der Waals surface area contributed by atoms with Crippen molar-refractivity contribution in [2.24, 2.45) is 10.7 Å². The lowest BCUT2D eigenvalue weighted by atomic mass is 9.96. The van der Waals surface area contributed by atoms with Crippen LogP contribution in [0.5, 0.6) is 0 Å². The number of hydrogen-bond acceptors (Lipinski definition) is 1. The van der Waals surface area contributed by atoms with E-state index in [1.807, 2.05) is 0 Å². The Hall–Kier alpha value is -1.51. The van der Waals surface area contributed by atoms with E-state index in [0.717, 1.165) is 6.42 Å². The fourth-order valence-corrected chi connectivity index (χ4v) is 2.79.